The van der Waals surface area contributed by atoms with Crippen molar-refractivity contribution in [1.82, 2.24) is 9.80 Å². The van der Waals surface area contributed by atoms with Gasteiger partial charge in [-0.2, -0.15) is 0 Å². The number of nitrogens with zero attached hydrogens (tertiary/aromatic N) is 2. The lowest BCUT2D eigenvalue weighted by molar-refractivity contribution is -0.274. The van der Waals surface area contributed by atoms with Crippen LogP contribution in [0.3, 0.4) is 0 Å². The Kier molecular flexibility index (Phi) is 6.78. The van der Waals surface area contributed by atoms with E-state index in [4.69, 9.17) is 23.2 Å². The molecule has 2 heterocycles. The summed E-state index contributed by atoms with van der Waals surface area (Å²) >= 11 is 17.1. The Morgan fingerprint density at radius 3 is 2.41 bits per heavy atom. The zero-order valence-electron chi connectivity index (χ0n) is 20.3. The summed E-state index contributed by atoms with van der Waals surface area (Å²) in [6, 6.07) is 2.74. The van der Waals surface area contributed by atoms with E-state index in [1.54, 1.807) is 6.08 Å². The third-order valence-electron chi connectivity index (χ3n) is 8.10. The van der Waals surface area contributed by atoms with Crippen molar-refractivity contribution in [3.05, 3.63) is 35.4 Å². The molecule has 0 aromatic heterocycles. The highest BCUT2D eigenvalue weighted by atomic mass is 79.9. The summed E-state index contributed by atoms with van der Waals surface area (Å²) in [7, 11) is 0. The molecule has 1 N–H and O–H groups in total. The van der Waals surface area contributed by atoms with Crippen LogP contribution in [0.25, 0.3) is 0 Å². The van der Waals surface area contributed by atoms with Crippen molar-refractivity contribution in [2.24, 2.45) is 17.8 Å². The molecule has 2 aliphatic carbocycles. The van der Waals surface area contributed by atoms with Gasteiger partial charge in [-0.25, -0.2) is 0 Å². The van der Waals surface area contributed by atoms with Crippen LogP contribution in [0.1, 0.15) is 37.7 Å². The zero-order chi connectivity index (χ0) is 28.7. The highest BCUT2D eigenvalue weighted by molar-refractivity contribution is 9.09. The molecule has 39 heavy (non-hydrogen) atoms. The number of ether oxygens (including phenoxy) is 1. The van der Waals surface area contributed by atoms with Crippen molar-refractivity contribution < 1.29 is 42.2 Å². The highest BCUT2D eigenvalue weighted by Gasteiger charge is 2.76. The molecule has 0 spiro atoms. The van der Waals surface area contributed by atoms with E-state index in [1.165, 1.54) is 4.90 Å². The predicted octanol–water partition coefficient (Wildman–Crippen LogP) is 4.41. The SMILES string of the molecule is CCCN1C(=O)[C@H]2[C@H](CC=C3[C@H]2C[C@@]2(Cl)C(=O)N(CBr)C(=O)[C@@]2(Cl)[C@H]3c2cc(OC(F)(F)F)ccc2O)C1=O. The summed E-state index contributed by atoms with van der Waals surface area (Å²) in [5.74, 6) is -7.69. The van der Waals surface area contributed by atoms with Gasteiger partial charge < -0.3 is 9.84 Å². The number of alkyl halides is 6. The number of rotatable bonds is 5. The number of benzene rings is 1. The number of hydrogen-bond acceptors (Lipinski definition) is 6. The molecule has 1 aromatic carbocycles. The smallest absolute Gasteiger partial charge is 0.508 e. The summed E-state index contributed by atoms with van der Waals surface area (Å²) in [4.78, 5) is 51.4. The number of aromatic hydroxyl groups is 1. The Bertz CT molecular complexity index is 1320. The van der Waals surface area contributed by atoms with Gasteiger partial charge in [0.1, 0.15) is 11.5 Å². The first-order valence-corrected chi connectivity index (χ1v) is 14.0. The van der Waals surface area contributed by atoms with E-state index in [2.05, 4.69) is 20.7 Å². The minimum Gasteiger partial charge on any atom is -0.508 e. The lowest BCUT2D eigenvalue weighted by Gasteiger charge is -2.50. The normalized spacial score (nSPS) is 34.2. The van der Waals surface area contributed by atoms with E-state index in [9.17, 15) is 37.5 Å². The first-order valence-electron chi connectivity index (χ1n) is 12.1. The van der Waals surface area contributed by atoms with Crippen LogP contribution in [0.15, 0.2) is 29.8 Å². The van der Waals surface area contributed by atoms with Crippen LogP contribution in [0.2, 0.25) is 0 Å². The minimum absolute atomic E-state index is 0.101. The van der Waals surface area contributed by atoms with E-state index < -0.39 is 69.0 Å². The number of carbonyl (C=O) groups is 4. The first-order chi connectivity index (χ1) is 18.2. The van der Waals surface area contributed by atoms with Gasteiger partial charge in [0.25, 0.3) is 11.8 Å². The molecule has 14 heteroatoms. The number of imide groups is 2. The third kappa shape index (κ3) is 3.92. The van der Waals surface area contributed by atoms with Crippen molar-refractivity contribution >= 4 is 62.8 Å². The third-order valence-corrected chi connectivity index (χ3v) is 10.0. The maximum Gasteiger partial charge on any atom is 0.573 e. The van der Waals surface area contributed by atoms with Crippen molar-refractivity contribution in [1.29, 1.82) is 0 Å². The summed E-state index contributed by atoms with van der Waals surface area (Å²) < 4.78 is 43.2. The van der Waals surface area contributed by atoms with Gasteiger partial charge in [0.05, 0.1) is 17.3 Å². The van der Waals surface area contributed by atoms with Crippen LogP contribution >= 0.6 is 39.1 Å². The van der Waals surface area contributed by atoms with Crippen LogP contribution in [0.4, 0.5) is 13.2 Å². The predicted molar refractivity (Wildman–Crippen MR) is 135 cm³/mol. The standard InChI is InChI=1S/C25H22BrCl2F3N2O6/c1-2-7-32-19(35)13-5-4-12-15(17(13)20(32)36)9-23(27)21(37)33(10-26)22(38)24(23,28)18(12)14-8-11(3-6-16(14)34)39-25(29,30)31/h3-4,6,8,13,15,17-18,34H,2,5,7,9-10H2,1H3/t13-,15+,17-,18+,23+,24-/m0/s1. The topological polar surface area (TPSA) is 104 Å². The summed E-state index contributed by atoms with van der Waals surface area (Å²) in [5, 5.41) is 10.8. The van der Waals surface area contributed by atoms with E-state index >= 15 is 0 Å². The fourth-order valence-electron chi connectivity index (χ4n) is 6.57. The molecule has 0 bridgehead atoms. The molecule has 0 unspecified atom stereocenters. The monoisotopic (exact) mass is 652 g/mol. The molecule has 5 rings (SSSR count). The van der Waals surface area contributed by atoms with Gasteiger partial charge in [0, 0.05) is 18.0 Å². The second-order valence-electron chi connectivity index (χ2n) is 10.1. The minimum atomic E-state index is -5.05. The van der Waals surface area contributed by atoms with E-state index in [1.807, 2.05) is 6.92 Å². The fourth-order valence-corrected chi connectivity index (χ4v) is 7.99. The maximum atomic E-state index is 13.7. The van der Waals surface area contributed by atoms with Crippen molar-refractivity contribution in [2.75, 3.05) is 12.0 Å². The number of likely N-dealkylation sites (tertiary alicyclic amines) is 2. The van der Waals surface area contributed by atoms with Crippen molar-refractivity contribution in [2.45, 2.75) is 48.2 Å². The molecule has 3 fully saturated rings. The number of fused-ring (bicyclic) bond motifs is 4. The molecule has 2 saturated heterocycles. The lowest BCUT2D eigenvalue weighted by Crippen LogP contribution is -2.60. The molecule has 0 radical (unpaired) electrons. The maximum absolute atomic E-state index is 13.7. The second kappa shape index (κ2) is 9.37. The van der Waals surface area contributed by atoms with Gasteiger partial charge in [-0.15, -0.1) is 36.4 Å². The molecule has 4 amide bonds. The average Bonchev–Trinajstić information content (AvgIpc) is 3.18. The van der Waals surface area contributed by atoms with Gasteiger partial charge in [0.2, 0.25) is 11.8 Å². The van der Waals surface area contributed by atoms with Crippen LogP contribution < -0.4 is 4.74 Å². The number of phenolic OH excluding ortho intramolecular Hbond substituents is 1. The first kappa shape index (κ1) is 28.2. The number of halogens is 6. The average molecular weight is 654 g/mol. The number of hydrogen-bond donors (Lipinski definition) is 1. The van der Waals surface area contributed by atoms with Gasteiger partial charge >= 0.3 is 6.36 Å². The fraction of sp³-hybridized carbons (Fsp3) is 0.520. The van der Waals surface area contributed by atoms with E-state index in [-0.39, 0.29) is 36.3 Å². The Morgan fingerprint density at radius 2 is 1.79 bits per heavy atom. The Morgan fingerprint density at radius 1 is 1.10 bits per heavy atom. The summed E-state index contributed by atoms with van der Waals surface area (Å²) in [6.07, 6.45) is -3.07. The largest absolute Gasteiger partial charge is 0.573 e. The lowest BCUT2D eigenvalue weighted by atomic mass is 9.56. The molecule has 2 aliphatic heterocycles. The Balaban J connectivity index is 1.72. The molecule has 210 valence electrons. The Hall–Kier alpha value is -2.31. The number of amides is 4. The van der Waals surface area contributed by atoms with Crippen molar-refractivity contribution in [3.63, 3.8) is 0 Å². The zero-order valence-corrected chi connectivity index (χ0v) is 23.4. The molecular formula is C25H22BrCl2F3N2O6. The quantitative estimate of drug-likeness (QED) is 0.219. The van der Waals surface area contributed by atoms with Crippen molar-refractivity contribution in [3.8, 4) is 11.5 Å². The van der Waals surface area contributed by atoms with Crippen LogP contribution in [-0.2, 0) is 19.2 Å². The number of phenols is 1. The summed E-state index contributed by atoms with van der Waals surface area (Å²) in [6.45, 7) is 2.02. The second-order valence-corrected chi connectivity index (χ2v) is 11.8. The number of allylic oxidation sites excluding steroid dienone is 2. The van der Waals surface area contributed by atoms with E-state index in [0.29, 0.717) is 12.0 Å². The molecular weight excluding hydrogens is 632 g/mol. The van der Waals surface area contributed by atoms with Gasteiger partial charge in [-0.1, -0.05) is 34.5 Å². The molecule has 1 saturated carbocycles. The molecule has 6 atom stereocenters. The van der Waals surface area contributed by atoms with Gasteiger partial charge in [-0.3, -0.25) is 29.0 Å². The molecule has 4 aliphatic rings. The number of carbonyl (C=O) groups excluding carboxylic acids is 4. The van der Waals surface area contributed by atoms with Gasteiger partial charge in [0.15, 0.2) is 9.75 Å². The van der Waals surface area contributed by atoms with Crippen LogP contribution in [-0.4, -0.2) is 66.6 Å². The van der Waals surface area contributed by atoms with E-state index in [0.717, 1.165) is 23.1 Å². The molecule has 8 nitrogen and oxygen atoms in total. The summed E-state index contributed by atoms with van der Waals surface area (Å²) in [5.41, 5.74) is -0.147. The van der Waals surface area contributed by atoms with Crippen LogP contribution in [0.5, 0.6) is 11.5 Å². The molecule has 1 aromatic rings. The van der Waals surface area contributed by atoms with Gasteiger partial charge in [-0.05, 0) is 43.4 Å². The highest BCUT2D eigenvalue weighted by Crippen LogP contribution is 2.66. The van der Waals surface area contributed by atoms with Crippen LogP contribution in [0, 0.1) is 17.8 Å². The Labute approximate surface area is 239 Å².